The summed E-state index contributed by atoms with van der Waals surface area (Å²) < 4.78 is 0. The van der Waals surface area contributed by atoms with Gasteiger partial charge in [0.2, 0.25) is 0 Å². The van der Waals surface area contributed by atoms with Crippen LogP contribution in [0.1, 0.15) is 6.92 Å². The van der Waals surface area contributed by atoms with Crippen LogP contribution in [0.2, 0.25) is 0 Å². The summed E-state index contributed by atoms with van der Waals surface area (Å²) in [6.07, 6.45) is 0. The van der Waals surface area contributed by atoms with Gasteiger partial charge in [-0.05, 0) is 6.92 Å². The number of hydrazine groups is 1. The van der Waals surface area contributed by atoms with Gasteiger partial charge in [-0.25, -0.2) is 9.90 Å². The van der Waals surface area contributed by atoms with Crippen molar-refractivity contribution in [1.82, 2.24) is 10.6 Å². The molecular weight excluding hydrogens is 152 g/mol. The Balaban J connectivity index is 3.63. The Labute approximate surface area is 64.5 Å². The maximum absolute atomic E-state index is 10.3. The molecule has 0 heterocycles. The summed E-state index contributed by atoms with van der Waals surface area (Å²) in [6, 6.07) is -0.676. The number of carbonyl (C=O) groups is 1. The van der Waals surface area contributed by atoms with Gasteiger partial charge < -0.3 is 5.11 Å². The van der Waals surface area contributed by atoms with Crippen LogP contribution < -0.4 is 5.59 Å². The zero-order valence-corrected chi connectivity index (χ0v) is 6.70. The average molecular weight is 164 g/mol. The van der Waals surface area contributed by atoms with Gasteiger partial charge in [0.1, 0.15) is 6.04 Å². The van der Waals surface area contributed by atoms with Gasteiger partial charge in [-0.2, -0.15) is 0 Å². The van der Waals surface area contributed by atoms with Gasteiger partial charge in [0.25, 0.3) is 0 Å². The molecule has 0 aromatic carbocycles. The molecular formula is C5H12N2O4. The molecule has 6 heteroatoms. The van der Waals surface area contributed by atoms with Gasteiger partial charge in [-0.3, -0.25) is 4.79 Å². The number of rotatable bonds is 5. The number of nitrogens with one attached hydrogen (secondary N) is 1. The standard InChI is InChI=1S/C5H12N2O4/c1-4(5(8)9)7(2)6-11-10-3/h4,6H,1-3H3,(H,8,9). The molecule has 0 bridgehead atoms. The summed E-state index contributed by atoms with van der Waals surface area (Å²) in [5, 5.41) is 9.73. The molecule has 6 nitrogen and oxygen atoms in total. The van der Waals surface area contributed by atoms with E-state index in [-0.39, 0.29) is 0 Å². The molecule has 11 heavy (non-hydrogen) atoms. The van der Waals surface area contributed by atoms with E-state index in [4.69, 9.17) is 5.11 Å². The number of hydrogen-bond donors (Lipinski definition) is 2. The Morgan fingerprint density at radius 2 is 2.27 bits per heavy atom. The lowest BCUT2D eigenvalue weighted by Crippen LogP contribution is -2.44. The predicted molar refractivity (Wildman–Crippen MR) is 36.1 cm³/mol. The van der Waals surface area contributed by atoms with Gasteiger partial charge in [0, 0.05) is 7.05 Å². The van der Waals surface area contributed by atoms with Crippen LogP contribution >= 0.6 is 0 Å². The highest BCUT2D eigenvalue weighted by molar-refractivity contribution is 5.72. The maximum Gasteiger partial charge on any atom is 0.322 e. The molecule has 0 rings (SSSR count). The second kappa shape index (κ2) is 5.03. The lowest BCUT2D eigenvalue weighted by atomic mass is 10.3. The van der Waals surface area contributed by atoms with E-state index < -0.39 is 12.0 Å². The molecule has 0 amide bonds. The van der Waals surface area contributed by atoms with E-state index in [1.807, 2.05) is 0 Å². The minimum atomic E-state index is -0.945. The highest BCUT2D eigenvalue weighted by Gasteiger charge is 2.16. The normalized spacial score (nSPS) is 13.5. The van der Waals surface area contributed by atoms with Crippen molar-refractivity contribution in [1.29, 1.82) is 0 Å². The van der Waals surface area contributed by atoms with Crippen molar-refractivity contribution < 1.29 is 19.8 Å². The van der Waals surface area contributed by atoms with E-state index in [9.17, 15) is 4.79 Å². The van der Waals surface area contributed by atoms with Gasteiger partial charge in [-0.1, -0.05) is 0 Å². The number of carboxylic acids is 1. The monoisotopic (exact) mass is 164 g/mol. The minimum absolute atomic E-state index is 0.676. The van der Waals surface area contributed by atoms with E-state index in [0.717, 1.165) is 0 Å². The van der Waals surface area contributed by atoms with Crippen LogP contribution in [0.5, 0.6) is 0 Å². The first kappa shape index (κ1) is 10.3. The highest BCUT2D eigenvalue weighted by atomic mass is 17.3. The second-order valence-electron chi connectivity index (χ2n) is 1.97. The molecule has 1 atom stereocenters. The number of nitrogens with zero attached hydrogens (tertiary/aromatic N) is 1. The van der Waals surface area contributed by atoms with Crippen LogP contribution in [0.15, 0.2) is 0 Å². The van der Waals surface area contributed by atoms with E-state index in [1.54, 1.807) is 0 Å². The fourth-order valence-electron chi connectivity index (χ4n) is 0.341. The molecule has 0 aromatic heterocycles. The predicted octanol–water partition coefficient (Wildman–Crippen LogP) is -0.611. The van der Waals surface area contributed by atoms with Crippen molar-refractivity contribution in [2.24, 2.45) is 0 Å². The van der Waals surface area contributed by atoms with E-state index in [0.29, 0.717) is 0 Å². The van der Waals surface area contributed by atoms with Gasteiger partial charge in [0.15, 0.2) is 0 Å². The van der Waals surface area contributed by atoms with Crippen LogP contribution in [0.25, 0.3) is 0 Å². The first-order valence-corrected chi connectivity index (χ1v) is 3.00. The van der Waals surface area contributed by atoms with Crippen molar-refractivity contribution in [2.45, 2.75) is 13.0 Å². The second-order valence-corrected chi connectivity index (χ2v) is 1.97. The largest absolute Gasteiger partial charge is 0.480 e. The fourth-order valence-corrected chi connectivity index (χ4v) is 0.341. The van der Waals surface area contributed by atoms with Crippen LogP contribution in [0.4, 0.5) is 0 Å². The van der Waals surface area contributed by atoms with Crippen LogP contribution in [0.3, 0.4) is 0 Å². The third-order valence-electron chi connectivity index (χ3n) is 1.20. The molecule has 0 aromatic rings. The molecule has 0 saturated carbocycles. The number of carboxylic acid groups (broad SMARTS) is 1. The number of hydrogen-bond acceptors (Lipinski definition) is 5. The molecule has 0 aliphatic rings. The maximum atomic E-state index is 10.3. The molecule has 0 spiro atoms. The number of aliphatic carboxylic acids is 1. The van der Waals surface area contributed by atoms with Crippen molar-refractivity contribution in [2.75, 3.05) is 14.2 Å². The summed E-state index contributed by atoms with van der Waals surface area (Å²) in [5.41, 5.74) is 2.24. The smallest absolute Gasteiger partial charge is 0.322 e. The summed E-state index contributed by atoms with van der Waals surface area (Å²) in [7, 11) is 2.84. The molecule has 0 aliphatic carbocycles. The molecule has 0 radical (unpaired) electrons. The molecule has 0 saturated heterocycles. The Morgan fingerprint density at radius 1 is 1.73 bits per heavy atom. The van der Waals surface area contributed by atoms with Crippen molar-refractivity contribution in [3.63, 3.8) is 0 Å². The summed E-state index contributed by atoms with van der Waals surface area (Å²) in [4.78, 5) is 18.8. The van der Waals surface area contributed by atoms with Crippen LogP contribution in [0, 0.1) is 0 Å². The zero-order valence-electron chi connectivity index (χ0n) is 6.70. The lowest BCUT2D eigenvalue weighted by Gasteiger charge is -2.19. The van der Waals surface area contributed by atoms with Crippen molar-refractivity contribution >= 4 is 5.97 Å². The quantitative estimate of drug-likeness (QED) is 0.417. The summed E-state index contributed by atoms with van der Waals surface area (Å²) in [5.74, 6) is -0.945. The average Bonchev–Trinajstić information content (AvgIpc) is 1.98. The van der Waals surface area contributed by atoms with E-state index in [2.05, 4.69) is 15.5 Å². The van der Waals surface area contributed by atoms with Gasteiger partial charge in [0.05, 0.1) is 7.11 Å². The topological polar surface area (TPSA) is 71.0 Å². The third-order valence-corrected chi connectivity index (χ3v) is 1.20. The molecule has 0 aliphatic heterocycles. The van der Waals surface area contributed by atoms with Gasteiger partial charge >= 0.3 is 5.97 Å². The Bertz CT molecular complexity index is 130. The molecule has 2 N–H and O–H groups in total. The van der Waals surface area contributed by atoms with E-state index in [1.165, 1.54) is 26.1 Å². The van der Waals surface area contributed by atoms with Gasteiger partial charge in [-0.15, -0.1) is 10.6 Å². The highest BCUT2D eigenvalue weighted by Crippen LogP contribution is 1.90. The Hall–Kier alpha value is -0.690. The van der Waals surface area contributed by atoms with Crippen molar-refractivity contribution in [3.8, 4) is 0 Å². The molecule has 1 unspecified atom stereocenters. The zero-order chi connectivity index (χ0) is 8.85. The molecule has 66 valence electrons. The lowest BCUT2D eigenvalue weighted by molar-refractivity contribution is -0.353. The Kier molecular flexibility index (Phi) is 4.71. The first-order chi connectivity index (χ1) is 5.09. The first-order valence-electron chi connectivity index (χ1n) is 3.00. The summed E-state index contributed by atoms with van der Waals surface area (Å²) in [6.45, 7) is 1.51. The van der Waals surface area contributed by atoms with E-state index >= 15 is 0 Å². The van der Waals surface area contributed by atoms with Crippen molar-refractivity contribution in [3.05, 3.63) is 0 Å². The Morgan fingerprint density at radius 3 is 2.64 bits per heavy atom. The van der Waals surface area contributed by atoms with Crippen LogP contribution in [-0.2, 0) is 14.7 Å². The fraction of sp³-hybridized carbons (Fsp3) is 0.800. The van der Waals surface area contributed by atoms with Crippen LogP contribution in [-0.4, -0.2) is 36.3 Å². The third kappa shape index (κ3) is 3.89. The minimum Gasteiger partial charge on any atom is -0.480 e. The summed E-state index contributed by atoms with van der Waals surface area (Å²) >= 11 is 0. The number of likely N-dealkylation sites (N-methyl/N-ethyl adjacent to an activating group) is 1. The molecule has 0 fully saturated rings. The SMILES string of the molecule is COONN(C)C(C)C(=O)O.